The minimum atomic E-state index is -0.286. The van der Waals surface area contributed by atoms with Gasteiger partial charge in [0.25, 0.3) is 0 Å². The predicted octanol–water partition coefficient (Wildman–Crippen LogP) is 2.38. The Bertz CT molecular complexity index is 268. The van der Waals surface area contributed by atoms with E-state index in [1.807, 2.05) is 21.6 Å². The monoisotopic (exact) mass is 291 g/mol. The van der Waals surface area contributed by atoms with Gasteiger partial charge in [0, 0.05) is 24.0 Å². The highest BCUT2D eigenvalue weighted by atomic mass is 33.1. The molecule has 1 rings (SSSR count). The molecule has 0 aromatic carbocycles. The molecule has 1 aliphatic rings. The Balaban J connectivity index is 1.91. The zero-order chi connectivity index (χ0) is 13.2. The average Bonchev–Trinajstić information content (AvgIpc) is 2.87. The van der Waals surface area contributed by atoms with E-state index in [-0.39, 0.29) is 18.3 Å². The van der Waals surface area contributed by atoms with Gasteiger partial charge in [-0.1, -0.05) is 28.0 Å². The summed E-state index contributed by atoms with van der Waals surface area (Å²) in [7, 11) is 5.29. The van der Waals surface area contributed by atoms with Gasteiger partial charge in [0.05, 0.1) is 13.5 Å². The number of rotatable bonds is 8. The number of nitrogens with one attached hydrogen (secondary N) is 1. The van der Waals surface area contributed by atoms with Gasteiger partial charge in [0.2, 0.25) is 5.91 Å². The Kier molecular flexibility index (Phi) is 8.33. The van der Waals surface area contributed by atoms with Gasteiger partial charge in [-0.25, -0.2) is 0 Å². The van der Waals surface area contributed by atoms with Gasteiger partial charge in [-0.05, 0) is 19.3 Å². The molecular weight excluding hydrogens is 270 g/mol. The van der Waals surface area contributed by atoms with Crippen LogP contribution in [-0.4, -0.2) is 36.5 Å². The van der Waals surface area contributed by atoms with Crippen LogP contribution in [0.4, 0.5) is 0 Å². The molecule has 1 amide bonds. The van der Waals surface area contributed by atoms with Gasteiger partial charge >= 0.3 is 5.97 Å². The van der Waals surface area contributed by atoms with E-state index in [0.717, 1.165) is 18.1 Å². The fourth-order valence-electron chi connectivity index (χ4n) is 1.72. The van der Waals surface area contributed by atoms with E-state index in [0.29, 0.717) is 13.0 Å². The first kappa shape index (κ1) is 15.7. The fourth-order valence-corrected chi connectivity index (χ4v) is 4.74. The molecule has 0 spiro atoms. The van der Waals surface area contributed by atoms with Crippen LogP contribution in [0.2, 0.25) is 0 Å². The largest absolute Gasteiger partial charge is 0.469 e. The summed E-state index contributed by atoms with van der Waals surface area (Å²) in [4.78, 5) is 22.3. The highest BCUT2D eigenvalue weighted by Gasteiger charge is 2.15. The number of esters is 1. The first-order valence-corrected chi connectivity index (χ1v) is 8.72. The summed E-state index contributed by atoms with van der Waals surface area (Å²) in [5.74, 6) is 1.02. The van der Waals surface area contributed by atoms with Crippen LogP contribution >= 0.6 is 21.6 Å². The Labute approximate surface area is 116 Å². The molecule has 6 heteroatoms. The summed E-state index contributed by atoms with van der Waals surface area (Å²) in [5, 5.41) is 3.52. The number of carbonyl (C=O) groups is 2. The lowest BCUT2D eigenvalue weighted by atomic mass is 10.1. The Morgan fingerprint density at radius 3 is 2.83 bits per heavy atom. The fraction of sp³-hybridized carbons (Fsp3) is 0.833. The molecule has 0 aromatic rings. The number of amides is 1. The summed E-state index contributed by atoms with van der Waals surface area (Å²) >= 11 is 0. The second-order valence-corrected chi connectivity index (χ2v) is 7.04. The summed E-state index contributed by atoms with van der Waals surface area (Å²) in [5.41, 5.74) is 0. The van der Waals surface area contributed by atoms with Crippen LogP contribution in [0.15, 0.2) is 0 Å². The number of unbranched alkanes of at least 4 members (excludes halogenated alkanes) is 1. The van der Waals surface area contributed by atoms with Gasteiger partial charge in [0.15, 0.2) is 0 Å². The van der Waals surface area contributed by atoms with Crippen molar-refractivity contribution in [2.75, 3.05) is 19.4 Å². The molecule has 18 heavy (non-hydrogen) atoms. The lowest BCUT2D eigenvalue weighted by Crippen LogP contribution is -2.26. The second-order valence-electron chi connectivity index (χ2n) is 4.25. The third-order valence-electron chi connectivity index (χ3n) is 2.79. The van der Waals surface area contributed by atoms with Crippen molar-refractivity contribution < 1.29 is 14.3 Å². The molecule has 1 saturated heterocycles. The van der Waals surface area contributed by atoms with Gasteiger partial charge in [-0.3, -0.25) is 9.59 Å². The molecule has 4 nitrogen and oxygen atoms in total. The number of ether oxygens (including phenoxy) is 1. The van der Waals surface area contributed by atoms with Gasteiger partial charge < -0.3 is 10.1 Å². The van der Waals surface area contributed by atoms with E-state index in [4.69, 9.17) is 0 Å². The molecule has 1 fully saturated rings. The molecule has 0 radical (unpaired) electrons. The number of hydrogen-bond acceptors (Lipinski definition) is 5. The van der Waals surface area contributed by atoms with Crippen LogP contribution in [0.3, 0.4) is 0 Å². The minimum absolute atomic E-state index is 0.0346. The van der Waals surface area contributed by atoms with Crippen LogP contribution in [0.5, 0.6) is 0 Å². The van der Waals surface area contributed by atoms with Crippen molar-refractivity contribution in [3.63, 3.8) is 0 Å². The maximum Gasteiger partial charge on any atom is 0.307 e. The second kappa shape index (κ2) is 9.55. The molecule has 1 N–H and O–H groups in total. The van der Waals surface area contributed by atoms with Crippen LogP contribution in [0, 0.1) is 0 Å². The molecule has 0 bridgehead atoms. The molecule has 0 unspecified atom stereocenters. The van der Waals surface area contributed by atoms with Gasteiger partial charge in [0.1, 0.15) is 0 Å². The van der Waals surface area contributed by atoms with Crippen molar-refractivity contribution in [1.29, 1.82) is 0 Å². The van der Waals surface area contributed by atoms with E-state index < -0.39 is 0 Å². The zero-order valence-corrected chi connectivity index (χ0v) is 12.4. The van der Waals surface area contributed by atoms with E-state index in [2.05, 4.69) is 10.1 Å². The van der Waals surface area contributed by atoms with Crippen molar-refractivity contribution in [1.82, 2.24) is 5.32 Å². The molecule has 1 heterocycles. The predicted molar refractivity (Wildman–Crippen MR) is 76.6 cm³/mol. The normalized spacial score (nSPS) is 18.6. The van der Waals surface area contributed by atoms with Crippen molar-refractivity contribution in [2.45, 2.75) is 43.8 Å². The Morgan fingerprint density at radius 2 is 2.17 bits per heavy atom. The van der Waals surface area contributed by atoms with Crippen LogP contribution in [0.1, 0.15) is 38.5 Å². The third kappa shape index (κ3) is 7.16. The molecule has 0 saturated carbocycles. The van der Waals surface area contributed by atoms with Crippen molar-refractivity contribution >= 4 is 33.5 Å². The molecule has 0 aliphatic carbocycles. The van der Waals surface area contributed by atoms with E-state index in [1.165, 1.54) is 25.7 Å². The lowest BCUT2D eigenvalue weighted by Gasteiger charge is -2.07. The smallest absolute Gasteiger partial charge is 0.307 e. The number of methoxy groups -OCH3 is 1. The third-order valence-corrected chi connectivity index (χ3v) is 5.79. The van der Waals surface area contributed by atoms with Gasteiger partial charge in [-0.15, -0.1) is 0 Å². The summed E-state index contributed by atoms with van der Waals surface area (Å²) in [6.07, 6.45) is 5.38. The molecule has 1 atom stereocenters. The Morgan fingerprint density at radius 1 is 1.33 bits per heavy atom. The summed E-state index contributed by atoms with van der Waals surface area (Å²) in [6, 6.07) is 0. The van der Waals surface area contributed by atoms with E-state index in [1.54, 1.807) is 0 Å². The summed E-state index contributed by atoms with van der Waals surface area (Å²) < 4.78 is 4.49. The van der Waals surface area contributed by atoms with Crippen molar-refractivity contribution in [2.24, 2.45) is 0 Å². The zero-order valence-electron chi connectivity index (χ0n) is 10.8. The SMILES string of the molecule is COC(=O)CCNC(=O)CCCC[C@@H]1CCSS1. The first-order chi connectivity index (χ1) is 8.72. The Hall–Kier alpha value is -0.360. The molecule has 0 aromatic heterocycles. The summed E-state index contributed by atoms with van der Waals surface area (Å²) in [6.45, 7) is 0.376. The topological polar surface area (TPSA) is 55.4 Å². The van der Waals surface area contributed by atoms with E-state index >= 15 is 0 Å². The van der Waals surface area contributed by atoms with Crippen LogP contribution < -0.4 is 5.32 Å². The average molecular weight is 291 g/mol. The van der Waals surface area contributed by atoms with Crippen molar-refractivity contribution in [3.05, 3.63) is 0 Å². The first-order valence-electron chi connectivity index (χ1n) is 6.34. The van der Waals surface area contributed by atoms with Crippen molar-refractivity contribution in [3.8, 4) is 0 Å². The maximum atomic E-state index is 11.4. The highest BCUT2D eigenvalue weighted by molar-refractivity contribution is 8.77. The molecule has 104 valence electrons. The lowest BCUT2D eigenvalue weighted by molar-refractivity contribution is -0.140. The quantitative estimate of drug-likeness (QED) is 0.423. The number of carbonyl (C=O) groups excluding carboxylic acids is 2. The number of hydrogen-bond donors (Lipinski definition) is 1. The van der Waals surface area contributed by atoms with Crippen LogP contribution in [0.25, 0.3) is 0 Å². The highest BCUT2D eigenvalue weighted by Crippen LogP contribution is 2.39. The molecular formula is C12H21NO3S2. The van der Waals surface area contributed by atoms with E-state index in [9.17, 15) is 9.59 Å². The minimum Gasteiger partial charge on any atom is -0.469 e. The standard InChI is InChI=1S/C12H21NO3S2/c1-16-12(15)6-8-13-11(14)5-3-2-4-10-7-9-17-18-10/h10H,2-9H2,1H3,(H,13,14)/t10-/m1/s1. The van der Waals surface area contributed by atoms with Gasteiger partial charge in [-0.2, -0.15) is 0 Å². The maximum absolute atomic E-state index is 11.4. The molecule has 1 aliphatic heterocycles. The van der Waals surface area contributed by atoms with Crippen LogP contribution in [-0.2, 0) is 14.3 Å².